The van der Waals surface area contributed by atoms with Gasteiger partial charge in [-0.1, -0.05) is 0 Å². The second-order valence-corrected chi connectivity index (χ2v) is 5.79. The molecular formula is C19H17NO6. The van der Waals surface area contributed by atoms with Crippen LogP contribution in [0.25, 0.3) is 11.1 Å². The molecule has 0 atom stereocenters. The maximum Gasteiger partial charge on any atom is 0.355 e. The number of aromatic nitrogens is 1. The standard InChI is InChI=1S/C19H17NO6/c1-2-23-19(22)14-10-17-13(5-6-24-17)20(14)11-15(21)12-3-4-16-18(9-12)26-8-7-25-16/h3-6,9-10H,2,7-8,11H2,1H3. The number of ether oxygens (including phenoxy) is 3. The number of nitrogens with zero attached hydrogens (tertiary/aromatic N) is 1. The number of hydrogen-bond donors (Lipinski definition) is 0. The summed E-state index contributed by atoms with van der Waals surface area (Å²) in [5, 5.41) is 0. The number of carbonyl (C=O) groups is 2. The van der Waals surface area contributed by atoms with Crippen LogP contribution in [0.1, 0.15) is 27.8 Å². The number of carbonyl (C=O) groups excluding carboxylic acids is 2. The fourth-order valence-electron chi connectivity index (χ4n) is 2.97. The van der Waals surface area contributed by atoms with Crippen molar-refractivity contribution in [1.29, 1.82) is 0 Å². The lowest BCUT2D eigenvalue weighted by atomic mass is 10.1. The van der Waals surface area contributed by atoms with Gasteiger partial charge in [-0.25, -0.2) is 4.79 Å². The van der Waals surface area contributed by atoms with Gasteiger partial charge < -0.3 is 23.2 Å². The van der Waals surface area contributed by atoms with Crippen molar-refractivity contribution in [3.05, 3.63) is 47.9 Å². The van der Waals surface area contributed by atoms with E-state index in [2.05, 4.69) is 0 Å². The third kappa shape index (κ3) is 2.81. The summed E-state index contributed by atoms with van der Waals surface area (Å²) in [7, 11) is 0. The largest absolute Gasteiger partial charge is 0.486 e. The molecule has 0 saturated carbocycles. The van der Waals surface area contributed by atoms with E-state index in [4.69, 9.17) is 18.6 Å². The maximum atomic E-state index is 12.8. The van der Waals surface area contributed by atoms with Gasteiger partial charge in [0.15, 0.2) is 22.9 Å². The predicted molar refractivity (Wildman–Crippen MR) is 91.9 cm³/mol. The minimum atomic E-state index is -0.492. The molecular weight excluding hydrogens is 338 g/mol. The Balaban J connectivity index is 1.66. The Labute approximate surface area is 149 Å². The molecule has 0 aliphatic carbocycles. The predicted octanol–water partition coefficient (Wildman–Crippen LogP) is 3.07. The highest BCUT2D eigenvalue weighted by Gasteiger charge is 2.22. The topological polar surface area (TPSA) is 79.9 Å². The van der Waals surface area contributed by atoms with Crippen molar-refractivity contribution in [2.75, 3.05) is 19.8 Å². The third-order valence-electron chi connectivity index (χ3n) is 4.17. The summed E-state index contributed by atoms with van der Waals surface area (Å²) in [6.07, 6.45) is 1.52. The van der Waals surface area contributed by atoms with Gasteiger partial charge in [0.2, 0.25) is 0 Å². The molecule has 0 radical (unpaired) electrons. The molecule has 4 rings (SSSR count). The van der Waals surface area contributed by atoms with E-state index in [1.807, 2.05) is 0 Å². The van der Waals surface area contributed by atoms with E-state index in [1.54, 1.807) is 41.8 Å². The van der Waals surface area contributed by atoms with Crippen molar-refractivity contribution in [3.63, 3.8) is 0 Å². The molecule has 7 nitrogen and oxygen atoms in total. The number of hydrogen-bond acceptors (Lipinski definition) is 6. The number of benzene rings is 1. The Kier molecular flexibility index (Phi) is 4.12. The molecule has 0 amide bonds. The summed E-state index contributed by atoms with van der Waals surface area (Å²) in [5.41, 5.74) is 1.96. The number of rotatable bonds is 5. The quantitative estimate of drug-likeness (QED) is 0.517. The SMILES string of the molecule is CCOC(=O)c1cc2occc2n1CC(=O)c1ccc2c(c1)OCCO2. The third-order valence-corrected chi connectivity index (χ3v) is 4.17. The van der Waals surface area contributed by atoms with E-state index in [0.29, 0.717) is 41.4 Å². The van der Waals surface area contributed by atoms with Crippen LogP contribution in [0.4, 0.5) is 0 Å². The Morgan fingerprint density at radius 2 is 1.92 bits per heavy atom. The monoisotopic (exact) mass is 355 g/mol. The lowest BCUT2D eigenvalue weighted by molar-refractivity contribution is 0.0514. The molecule has 3 aromatic rings. The summed E-state index contributed by atoms with van der Waals surface area (Å²) in [6.45, 7) is 2.91. The number of fused-ring (bicyclic) bond motifs is 2. The van der Waals surface area contributed by atoms with E-state index in [0.717, 1.165) is 0 Å². The molecule has 134 valence electrons. The fourth-order valence-corrected chi connectivity index (χ4v) is 2.97. The highest BCUT2D eigenvalue weighted by Crippen LogP contribution is 2.31. The van der Waals surface area contributed by atoms with Gasteiger partial charge in [0.1, 0.15) is 18.9 Å². The van der Waals surface area contributed by atoms with E-state index in [1.165, 1.54) is 6.26 Å². The van der Waals surface area contributed by atoms with Crippen LogP contribution in [0.3, 0.4) is 0 Å². The van der Waals surface area contributed by atoms with Crippen molar-refractivity contribution in [2.45, 2.75) is 13.5 Å². The summed E-state index contributed by atoms with van der Waals surface area (Å²) in [6, 6.07) is 8.38. The summed E-state index contributed by atoms with van der Waals surface area (Å²) in [5.74, 6) is 0.520. The van der Waals surface area contributed by atoms with Gasteiger partial charge in [-0.05, 0) is 25.1 Å². The molecule has 0 saturated heterocycles. The average molecular weight is 355 g/mol. The van der Waals surface area contributed by atoms with Crippen molar-refractivity contribution in [2.24, 2.45) is 0 Å². The number of ketones is 1. The zero-order valence-corrected chi connectivity index (χ0v) is 14.2. The first-order valence-electron chi connectivity index (χ1n) is 8.34. The summed E-state index contributed by atoms with van der Waals surface area (Å²) >= 11 is 0. The van der Waals surface area contributed by atoms with Gasteiger partial charge in [0, 0.05) is 17.7 Å². The minimum absolute atomic E-state index is 0.0170. The molecule has 0 bridgehead atoms. The van der Waals surface area contributed by atoms with Crippen LogP contribution in [0.15, 0.2) is 41.0 Å². The van der Waals surface area contributed by atoms with Crippen LogP contribution in [-0.4, -0.2) is 36.1 Å². The van der Waals surface area contributed by atoms with E-state index < -0.39 is 5.97 Å². The molecule has 7 heteroatoms. The minimum Gasteiger partial charge on any atom is -0.486 e. The number of furan rings is 1. The molecule has 1 aliphatic heterocycles. The van der Waals surface area contributed by atoms with E-state index >= 15 is 0 Å². The fraction of sp³-hybridized carbons (Fsp3) is 0.263. The molecule has 1 aliphatic rings. The lowest BCUT2D eigenvalue weighted by Crippen LogP contribution is -2.18. The average Bonchev–Trinajstić information content (AvgIpc) is 3.24. The smallest absolute Gasteiger partial charge is 0.355 e. The highest BCUT2D eigenvalue weighted by atomic mass is 16.6. The van der Waals surface area contributed by atoms with Crippen LogP contribution < -0.4 is 9.47 Å². The number of esters is 1. The Bertz CT molecular complexity index is 983. The summed E-state index contributed by atoms with van der Waals surface area (Å²) in [4.78, 5) is 25.0. The van der Waals surface area contributed by atoms with Crippen LogP contribution in [-0.2, 0) is 11.3 Å². The molecule has 0 unspecified atom stereocenters. The van der Waals surface area contributed by atoms with Gasteiger partial charge in [-0.15, -0.1) is 0 Å². The van der Waals surface area contributed by atoms with Crippen LogP contribution >= 0.6 is 0 Å². The van der Waals surface area contributed by atoms with Gasteiger partial charge >= 0.3 is 5.97 Å². The molecule has 2 aromatic heterocycles. The molecule has 26 heavy (non-hydrogen) atoms. The molecule has 1 aromatic carbocycles. The maximum absolute atomic E-state index is 12.8. The Hall–Kier alpha value is -3.22. The normalized spacial score (nSPS) is 13.0. The molecule has 0 N–H and O–H groups in total. The van der Waals surface area contributed by atoms with Crippen molar-refractivity contribution >= 4 is 22.9 Å². The van der Waals surface area contributed by atoms with Gasteiger partial charge in [-0.3, -0.25) is 4.79 Å². The highest BCUT2D eigenvalue weighted by molar-refractivity contribution is 5.99. The molecule has 0 fully saturated rings. The van der Waals surface area contributed by atoms with Crippen LogP contribution in [0.2, 0.25) is 0 Å². The second-order valence-electron chi connectivity index (χ2n) is 5.79. The second kappa shape index (κ2) is 6.59. The van der Waals surface area contributed by atoms with E-state index in [-0.39, 0.29) is 24.6 Å². The van der Waals surface area contributed by atoms with Crippen LogP contribution in [0.5, 0.6) is 11.5 Å². The number of Topliss-reactive ketones (excluding diaryl/α,β-unsaturated/α-hetero) is 1. The van der Waals surface area contributed by atoms with Crippen molar-refractivity contribution in [1.82, 2.24) is 4.57 Å². The summed E-state index contributed by atoms with van der Waals surface area (Å²) < 4.78 is 23.0. The molecule has 3 heterocycles. The first-order valence-corrected chi connectivity index (χ1v) is 8.34. The first-order chi connectivity index (χ1) is 12.7. The van der Waals surface area contributed by atoms with Gasteiger partial charge in [0.05, 0.1) is 24.9 Å². The zero-order chi connectivity index (χ0) is 18.1. The van der Waals surface area contributed by atoms with Gasteiger partial charge in [0.25, 0.3) is 0 Å². The molecule has 0 spiro atoms. The lowest BCUT2D eigenvalue weighted by Gasteiger charge is -2.18. The zero-order valence-electron chi connectivity index (χ0n) is 14.2. The van der Waals surface area contributed by atoms with Crippen molar-refractivity contribution in [3.8, 4) is 11.5 Å². The van der Waals surface area contributed by atoms with Crippen LogP contribution in [0, 0.1) is 0 Å². The first kappa shape index (κ1) is 16.3. The van der Waals surface area contributed by atoms with Crippen molar-refractivity contribution < 1.29 is 28.2 Å². The Morgan fingerprint density at radius 1 is 1.12 bits per heavy atom. The van der Waals surface area contributed by atoms with E-state index in [9.17, 15) is 9.59 Å². The van der Waals surface area contributed by atoms with Gasteiger partial charge in [-0.2, -0.15) is 0 Å². The Morgan fingerprint density at radius 3 is 2.73 bits per heavy atom.